The molecule has 8 heteroatoms. The van der Waals surface area contributed by atoms with Gasteiger partial charge in [0.15, 0.2) is 11.5 Å². The second-order valence-corrected chi connectivity index (χ2v) is 8.21. The lowest BCUT2D eigenvalue weighted by Crippen LogP contribution is -2.50. The molecule has 164 valence electrons. The Morgan fingerprint density at radius 3 is 2.61 bits per heavy atom. The number of nitrogens with zero attached hydrogens (tertiary/aromatic N) is 2. The Hall–Kier alpha value is -2.68. The van der Waals surface area contributed by atoms with Crippen molar-refractivity contribution < 1.29 is 18.7 Å². The molecule has 1 amide bonds. The van der Waals surface area contributed by atoms with Gasteiger partial charge >= 0.3 is 0 Å². The van der Waals surface area contributed by atoms with E-state index in [2.05, 4.69) is 15.8 Å². The van der Waals surface area contributed by atoms with Gasteiger partial charge in [0.25, 0.3) is 0 Å². The van der Waals surface area contributed by atoms with E-state index >= 15 is 0 Å². The highest BCUT2D eigenvalue weighted by molar-refractivity contribution is 5.80. The quantitative estimate of drug-likeness (QED) is 0.776. The zero-order valence-corrected chi connectivity index (χ0v) is 17.4. The molecule has 0 spiro atoms. The van der Waals surface area contributed by atoms with Crippen molar-refractivity contribution in [2.75, 3.05) is 45.9 Å². The van der Waals surface area contributed by atoms with Crippen molar-refractivity contribution >= 4 is 5.91 Å². The maximum absolute atomic E-state index is 13.9. The Bertz CT molecular complexity index is 948. The number of halogens is 1. The van der Waals surface area contributed by atoms with Crippen LogP contribution in [0.4, 0.5) is 4.39 Å². The fraction of sp³-hybridized carbons (Fsp3) is 0.435. The number of carbonyl (C=O) groups excluding carboxylic acids is 1. The van der Waals surface area contributed by atoms with E-state index in [0.29, 0.717) is 45.0 Å². The average Bonchev–Trinajstić information content (AvgIpc) is 3.30. The van der Waals surface area contributed by atoms with Gasteiger partial charge in [-0.15, -0.1) is 0 Å². The number of amides is 1. The van der Waals surface area contributed by atoms with Gasteiger partial charge in [-0.05, 0) is 23.8 Å². The first-order valence-electron chi connectivity index (χ1n) is 10.8. The SMILES string of the molecule is O=C(C1CNNC1c1ccc2c(c1)OCCO2)N1CCN(Cc2ccccc2F)CC1. The summed E-state index contributed by atoms with van der Waals surface area (Å²) < 4.78 is 25.3. The van der Waals surface area contributed by atoms with Crippen LogP contribution in [-0.4, -0.2) is 61.6 Å². The number of fused-ring (bicyclic) bond motifs is 1. The van der Waals surface area contributed by atoms with Crippen molar-refractivity contribution in [1.29, 1.82) is 0 Å². The number of benzene rings is 2. The fourth-order valence-corrected chi connectivity index (χ4v) is 4.52. The lowest BCUT2D eigenvalue weighted by atomic mass is 9.93. The number of carbonyl (C=O) groups is 1. The van der Waals surface area contributed by atoms with Gasteiger partial charge in [-0.25, -0.2) is 9.82 Å². The summed E-state index contributed by atoms with van der Waals surface area (Å²) in [6, 6.07) is 12.6. The van der Waals surface area contributed by atoms with Gasteiger partial charge in [-0.1, -0.05) is 24.3 Å². The molecule has 0 radical (unpaired) electrons. The zero-order valence-electron chi connectivity index (χ0n) is 17.4. The minimum absolute atomic E-state index is 0.125. The number of piperazine rings is 1. The van der Waals surface area contributed by atoms with Crippen LogP contribution in [0.1, 0.15) is 17.2 Å². The molecule has 0 saturated carbocycles. The molecule has 31 heavy (non-hydrogen) atoms. The number of rotatable bonds is 4. The molecule has 2 N–H and O–H groups in total. The van der Waals surface area contributed by atoms with Crippen LogP contribution in [0.25, 0.3) is 0 Å². The molecule has 3 aliphatic rings. The summed E-state index contributed by atoms with van der Waals surface area (Å²) in [5.41, 5.74) is 8.10. The summed E-state index contributed by atoms with van der Waals surface area (Å²) in [6.45, 7) is 5.01. The highest BCUT2D eigenvalue weighted by atomic mass is 19.1. The maximum atomic E-state index is 13.9. The molecule has 3 aliphatic heterocycles. The summed E-state index contributed by atoms with van der Waals surface area (Å²) in [5.74, 6) is 1.25. The summed E-state index contributed by atoms with van der Waals surface area (Å²) in [6.07, 6.45) is 0. The normalized spacial score (nSPS) is 23.7. The average molecular weight is 426 g/mol. The van der Waals surface area contributed by atoms with Crippen LogP contribution >= 0.6 is 0 Å². The number of hydrogen-bond donors (Lipinski definition) is 2. The first-order valence-corrected chi connectivity index (χ1v) is 10.8. The molecule has 2 fully saturated rings. The third-order valence-electron chi connectivity index (χ3n) is 6.26. The molecule has 5 rings (SSSR count). The molecular formula is C23H27FN4O3. The molecule has 3 heterocycles. The van der Waals surface area contributed by atoms with E-state index in [1.54, 1.807) is 6.07 Å². The summed E-state index contributed by atoms with van der Waals surface area (Å²) in [4.78, 5) is 17.4. The smallest absolute Gasteiger partial charge is 0.229 e. The molecular weight excluding hydrogens is 399 g/mol. The van der Waals surface area contributed by atoms with E-state index in [4.69, 9.17) is 9.47 Å². The Morgan fingerprint density at radius 1 is 1.03 bits per heavy atom. The van der Waals surface area contributed by atoms with Gasteiger partial charge < -0.3 is 14.4 Å². The van der Waals surface area contributed by atoms with Crippen molar-refractivity contribution in [3.8, 4) is 11.5 Å². The number of nitrogens with one attached hydrogen (secondary N) is 2. The topological polar surface area (TPSA) is 66.1 Å². The van der Waals surface area contributed by atoms with Crippen molar-refractivity contribution in [3.05, 3.63) is 59.4 Å². The minimum Gasteiger partial charge on any atom is -0.486 e. The van der Waals surface area contributed by atoms with Crippen LogP contribution in [0, 0.1) is 11.7 Å². The van der Waals surface area contributed by atoms with Gasteiger partial charge in [-0.3, -0.25) is 15.1 Å². The molecule has 2 aromatic carbocycles. The van der Waals surface area contributed by atoms with Gasteiger partial charge in [0, 0.05) is 44.8 Å². The van der Waals surface area contributed by atoms with Crippen LogP contribution in [-0.2, 0) is 11.3 Å². The summed E-state index contributed by atoms with van der Waals surface area (Å²) in [7, 11) is 0. The van der Waals surface area contributed by atoms with E-state index in [1.165, 1.54) is 6.07 Å². The van der Waals surface area contributed by atoms with E-state index in [9.17, 15) is 9.18 Å². The number of hydrogen-bond acceptors (Lipinski definition) is 6. The largest absolute Gasteiger partial charge is 0.486 e. The molecule has 2 unspecified atom stereocenters. The van der Waals surface area contributed by atoms with Gasteiger partial charge in [0.2, 0.25) is 5.91 Å². The molecule has 7 nitrogen and oxygen atoms in total. The van der Waals surface area contributed by atoms with Gasteiger partial charge in [-0.2, -0.15) is 0 Å². The van der Waals surface area contributed by atoms with Crippen LogP contribution in [0.5, 0.6) is 11.5 Å². The number of hydrazine groups is 1. The standard InChI is InChI=1S/C23H27FN4O3/c24-19-4-2-1-3-17(19)15-27-7-9-28(10-8-27)23(29)18-14-25-26-22(18)16-5-6-20-21(13-16)31-12-11-30-20/h1-6,13,18,22,25-26H,7-12,14-15H2. The second kappa shape index (κ2) is 8.82. The Kier molecular flexibility index (Phi) is 5.76. The lowest BCUT2D eigenvalue weighted by Gasteiger charge is -2.36. The Morgan fingerprint density at radius 2 is 1.81 bits per heavy atom. The molecule has 2 saturated heterocycles. The Labute approximate surface area is 181 Å². The predicted molar refractivity (Wildman–Crippen MR) is 113 cm³/mol. The highest BCUT2D eigenvalue weighted by Crippen LogP contribution is 2.35. The fourth-order valence-electron chi connectivity index (χ4n) is 4.52. The van der Waals surface area contributed by atoms with Crippen molar-refractivity contribution in [2.24, 2.45) is 5.92 Å². The van der Waals surface area contributed by atoms with Crippen molar-refractivity contribution in [2.45, 2.75) is 12.6 Å². The predicted octanol–water partition coefficient (Wildman–Crippen LogP) is 1.71. The van der Waals surface area contributed by atoms with Crippen molar-refractivity contribution in [3.63, 3.8) is 0 Å². The first-order chi connectivity index (χ1) is 15.2. The second-order valence-electron chi connectivity index (χ2n) is 8.21. The molecule has 2 atom stereocenters. The number of ether oxygens (including phenoxy) is 2. The monoisotopic (exact) mass is 426 g/mol. The Balaban J connectivity index is 1.22. The third-order valence-corrected chi connectivity index (χ3v) is 6.26. The van der Waals surface area contributed by atoms with Crippen LogP contribution in [0.3, 0.4) is 0 Å². The summed E-state index contributed by atoms with van der Waals surface area (Å²) in [5, 5.41) is 0. The van der Waals surface area contributed by atoms with Crippen LogP contribution < -0.4 is 20.3 Å². The highest BCUT2D eigenvalue weighted by Gasteiger charge is 2.37. The van der Waals surface area contributed by atoms with Crippen molar-refractivity contribution in [1.82, 2.24) is 20.7 Å². The molecule has 0 bridgehead atoms. The first kappa shape index (κ1) is 20.2. The molecule has 2 aromatic rings. The van der Waals surface area contributed by atoms with E-state index in [1.807, 2.05) is 35.2 Å². The van der Waals surface area contributed by atoms with Crippen LogP contribution in [0.2, 0.25) is 0 Å². The zero-order chi connectivity index (χ0) is 21.2. The third kappa shape index (κ3) is 4.23. The minimum atomic E-state index is -0.194. The van der Waals surface area contributed by atoms with E-state index in [-0.39, 0.29) is 23.7 Å². The van der Waals surface area contributed by atoms with E-state index < -0.39 is 0 Å². The summed E-state index contributed by atoms with van der Waals surface area (Å²) >= 11 is 0. The lowest BCUT2D eigenvalue weighted by molar-refractivity contribution is -0.137. The van der Waals surface area contributed by atoms with Crippen LogP contribution in [0.15, 0.2) is 42.5 Å². The molecule has 0 aromatic heterocycles. The maximum Gasteiger partial charge on any atom is 0.229 e. The molecule has 0 aliphatic carbocycles. The van der Waals surface area contributed by atoms with E-state index in [0.717, 1.165) is 30.2 Å². The van der Waals surface area contributed by atoms with Gasteiger partial charge in [0.1, 0.15) is 19.0 Å². The van der Waals surface area contributed by atoms with Gasteiger partial charge in [0.05, 0.1) is 12.0 Å².